The van der Waals surface area contributed by atoms with Crippen LogP contribution in [0.3, 0.4) is 0 Å². The topological polar surface area (TPSA) is 83.5 Å². The Morgan fingerprint density at radius 3 is 2.67 bits per heavy atom. The third-order valence-corrected chi connectivity index (χ3v) is 5.16. The Morgan fingerprint density at radius 2 is 2.06 bits per heavy atom. The number of carbonyl (C=O) groups is 1. The van der Waals surface area contributed by atoms with Gasteiger partial charge in [0, 0.05) is 10.9 Å². The number of carboxylic acid groups (broad SMARTS) is 1. The van der Waals surface area contributed by atoms with E-state index >= 15 is 0 Å². The van der Waals surface area contributed by atoms with Crippen molar-refractivity contribution in [3.63, 3.8) is 0 Å². The molecule has 0 heterocycles. The number of carboxylic acids is 1. The zero-order valence-electron chi connectivity index (χ0n) is 9.50. The van der Waals surface area contributed by atoms with Gasteiger partial charge in [-0.15, -0.1) is 11.8 Å². The summed E-state index contributed by atoms with van der Waals surface area (Å²) < 4.78 is 26.7. The van der Waals surface area contributed by atoms with Gasteiger partial charge in [0.25, 0.3) is 0 Å². The highest BCUT2D eigenvalue weighted by Crippen LogP contribution is 2.28. The van der Waals surface area contributed by atoms with Gasteiger partial charge in [-0.05, 0) is 25.0 Å². The second-order valence-electron chi connectivity index (χ2n) is 4.02. The number of hydrogen-bond donors (Lipinski definition) is 2. The van der Waals surface area contributed by atoms with Crippen molar-refractivity contribution in [2.45, 2.75) is 28.7 Å². The van der Waals surface area contributed by atoms with Crippen molar-refractivity contribution in [1.29, 1.82) is 0 Å². The van der Waals surface area contributed by atoms with E-state index in [4.69, 9.17) is 5.11 Å². The molecule has 18 heavy (non-hydrogen) atoms. The summed E-state index contributed by atoms with van der Waals surface area (Å²) in [7, 11) is -3.54. The highest BCUT2D eigenvalue weighted by molar-refractivity contribution is 8.00. The van der Waals surface area contributed by atoms with Crippen molar-refractivity contribution in [3.8, 4) is 0 Å². The fourth-order valence-electron chi connectivity index (χ4n) is 1.41. The zero-order chi connectivity index (χ0) is 13.2. The maximum absolute atomic E-state index is 12.1. The number of hydrogen-bond acceptors (Lipinski definition) is 4. The molecule has 0 aromatic heterocycles. The average Bonchev–Trinajstić information content (AvgIpc) is 3.10. The Balaban J connectivity index is 2.22. The molecule has 1 aliphatic rings. The molecule has 5 nitrogen and oxygen atoms in total. The molecule has 1 fully saturated rings. The van der Waals surface area contributed by atoms with Gasteiger partial charge in [0.15, 0.2) is 0 Å². The lowest BCUT2D eigenvalue weighted by Crippen LogP contribution is -2.26. The Bertz CT molecular complexity index is 552. The zero-order valence-corrected chi connectivity index (χ0v) is 11.1. The van der Waals surface area contributed by atoms with Gasteiger partial charge in [-0.1, -0.05) is 12.1 Å². The lowest BCUT2D eigenvalue weighted by molar-refractivity contribution is -0.133. The van der Waals surface area contributed by atoms with Crippen molar-refractivity contribution in [1.82, 2.24) is 4.72 Å². The fraction of sp³-hybridized carbons (Fsp3) is 0.364. The van der Waals surface area contributed by atoms with Crippen LogP contribution in [-0.2, 0) is 14.8 Å². The fourth-order valence-corrected chi connectivity index (χ4v) is 3.98. The molecule has 1 aliphatic carbocycles. The van der Waals surface area contributed by atoms with Crippen LogP contribution >= 0.6 is 11.8 Å². The third-order valence-electron chi connectivity index (χ3n) is 2.39. The van der Waals surface area contributed by atoms with Gasteiger partial charge in [0.1, 0.15) is 0 Å². The molecule has 1 aromatic rings. The van der Waals surface area contributed by atoms with Crippen LogP contribution in [0.4, 0.5) is 0 Å². The van der Waals surface area contributed by atoms with Gasteiger partial charge in [-0.2, -0.15) is 0 Å². The summed E-state index contributed by atoms with van der Waals surface area (Å²) in [6.45, 7) is 0. The minimum Gasteiger partial charge on any atom is -0.481 e. The monoisotopic (exact) mass is 287 g/mol. The second-order valence-corrected chi connectivity index (χ2v) is 6.72. The first-order valence-corrected chi connectivity index (χ1v) is 7.92. The number of rotatable bonds is 6. The summed E-state index contributed by atoms with van der Waals surface area (Å²) in [6.07, 6.45) is 1.73. The molecule has 0 saturated heterocycles. The van der Waals surface area contributed by atoms with Crippen LogP contribution in [0.15, 0.2) is 34.1 Å². The molecule has 2 rings (SSSR count). The van der Waals surface area contributed by atoms with Crippen molar-refractivity contribution >= 4 is 27.8 Å². The van der Waals surface area contributed by atoms with Crippen molar-refractivity contribution in [3.05, 3.63) is 24.3 Å². The first-order valence-electron chi connectivity index (χ1n) is 5.45. The molecule has 7 heteroatoms. The first-order chi connectivity index (χ1) is 8.49. The number of sulfonamides is 1. The van der Waals surface area contributed by atoms with Gasteiger partial charge in [0.05, 0.1) is 10.6 Å². The molecule has 0 unspecified atom stereocenters. The van der Waals surface area contributed by atoms with E-state index in [9.17, 15) is 13.2 Å². The molecule has 0 atom stereocenters. The normalized spacial score (nSPS) is 15.6. The largest absolute Gasteiger partial charge is 0.481 e. The van der Waals surface area contributed by atoms with E-state index in [1.165, 1.54) is 6.07 Å². The summed E-state index contributed by atoms with van der Waals surface area (Å²) in [5, 5.41) is 8.64. The molecule has 2 N–H and O–H groups in total. The summed E-state index contributed by atoms with van der Waals surface area (Å²) in [5.74, 6) is -1.13. The lowest BCUT2D eigenvalue weighted by atomic mass is 10.4. The van der Waals surface area contributed by atoms with Crippen LogP contribution in [0.2, 0.25) is 0 Å². The standard InChI is InChI=1S/C11H13NO4S2/c13-11(14)7-17-9-3-1-2-4-10(9)18(15,16)12-8-5-6-8/h1-4,8,12H,5-7H2,(H,13,14). The molecule has 98 valence electrons. The maximum Gasteiger partial charge on any atom is 0.313 e. The van der Waals surface area contributed by atoms with Crippen LogP contribution in [0.1, 0.15) is 12.8 Å². The van der Waals surface area contributed by atoms with Crippen molar-refractivity contribution < 1.29 is 18.3 Å². The van der Waals surface area contributed by atoms with Gasteiger partial charge < -0.3 is 5.11 Å². The highest BCUT2D eigenvalue weighted by atomic mass is 32.2. The van der Waals surface area contributed by atoms with E-state index < -0.39 is 16.0 Å². The van der Waals surface area contributed by atoms with Crippen molar-refractivity contribution in [2.75, 3.05) is 5.75 Å². The molecule has 0 aliphatic heterocycles. The van der Waals surface area contributed by atoms with E-state index in [-0.39, 0.29) is 16.7 Å². The van der Waals surface area contributed by atoms with E-state index in [1.807, 2.05) is 0 Å². The Hall–Kier alpha value is -1.05. The van der Waals surface area contributed by atoms with Crippen LogP contribution in [0, 0.1) is 0 Å². The minimum atomic E-state index is -3.54. The molecule has 1 aromatic carbocycles. The van der Waals surface area contributed by atoms with Crippen LogP contribution < -0.4 is 4.72 Å². The van der Waals surface area contributed by atoms with E-state index in [0.29, 0.717) is 4.90 Å². The molecule has 0 bridgehead atoms. The molecule has 0 radical (unpaired) electrons. The summed E-state index contributed by atoms with van der Waals surface area (Å²) in [4.78, 5) is 11.2. The predicted octanol–water partition coefficient (Wildman–Crippen LogP) is 1.30. The van der Waals surface area contributed by atoms with E-state index in [0.717, 1.165) is 24.6 Å². The highest BCUT2D eigenvalue weighted by Gasteiger charge is 2.29. The summed E-state index contributed by atoms with van der Waals surface area (Å²) in [6, 6.07) is 6.48. The number of nitrogens with one attached hydrogen (secondary N) is 1. The SMILES string of the molecule is O=C(O)CSc1ccccc1S(=O)(=O)NC1CC1. The Labute approximate surface area is 110 Å². The quantitative estimate of drug-likeness (QED) is 0.771. The molecule has 0 spiro atoms. The van der Waals surface area contributed by atoms with Crippen molar-refractivity contribution in [2.24, 2.45) is 0 Å². The Morgan fingerprint density at radius 1 is 1.39 bits per heavy atom. The Kier molecular flexibility index (Phi) is 3.94. The van der Waals surface area contributed by atoms with E-state index in [2.05, 4.69) is 4.72 Å². The molecular formula is C11H13NO4S2. The van der Waals surface area contributed by atoms with Gasteiger partial charge in [0.2, 0.25) is 10.0 Å². The van der Waals surface area contributed by atoms with Crippen LogP contribution in [0.25, 0.3) is 0 Å². The maximum atomic E-state index is 12.1. The second kappa shape index (κ2) is 5.29. The van der Waals surface area contributed by atoms with Crippen LogP contribution in [0.5, 0.6) is 0 Å². The number of thioether (sulfide) groups is 1. The van der Waals surface area contributed by atoms with Gasteiger partial charge in [-0.3, -0.25) is 4.79 Å². The molecule has 1 saturated carbocycles. The summed E-state index contributed by atoms with van der Waals surface area (Å²) >= 11 is 1.01. The number of benzene rings is 1. The molecule has 0 amide bonds. The smallest absolute Gasteiger partial charge is 0.313 e. The third kappa shape index (κ3) is 3.47. The van der Waals surface area contributed by atoms with Crippen LogP contribution in [-0.4, -0.2) is 31.3 Å². The summed E-state index contributed by atoms with van der Waals surface area (Å²) in [5.41, 5.74) is 0. The van der Waals surface area contributed by atoms with Gasteiger partial charge in [-0.25, -0.2) is 13.1 Å². The first kappa shape index (κ1) is 13.4. The minimum absolute atomic E-state index is 0.0347. The van der Waals surface area contributed by atoms with Gasteiger partial charge >= 0.3 is 5.97 Å². The lowest BCUT2D eigenvalue weighted by Gasteiger charge is -2.09. The average molecular weight is 287 g/mol. The van der Waals surface area contributed by atoms with E-state index in [1.54, 1.807) is 18.2 Å². The molecular weight excluding hydrogens is 274 g/mol. The predicted molar refractivity (Wildman–Crippen MR) is 68.1 cm³/mol. The number of aliphatic carboxylic acids is 1.